The molecule has 1 rings (SSSR count). The van der Waals surface area contributed by atoms with Gasteiger partial charge in [0.15, 0.2) is 0 Å². The van der Waals surface area contributed by atoms with E-state index in [-0.39, 0.29) is 11.7 Å². The van der Waals surface area contributed by atoms with E-state index in [9.17, 15) is 13.2 Å². The number of aliphatic imine (C=N–C) groups is 2. The van der Waals surface area contributed by atoms with Crippen molar-refractivity contribution in [2.45, 2.75) is 59.9 Å². The largest absolute Gasteiger partial charge is 0.383 e. The molecule has 0 aromatic rings. The Bertz CT molecular complexity index is 1040. The first-order chi connectivity index (χ1) is 19.2. The summed E-state index contributed by atoms with van der Waals surface area (Å²) in [6, 6.07) is -0.225. The van der Waals surface area contributed by atoms with Crippen molar-refractivity contribution in [2.24, 2.45) is 9.98 Å². The summed E-state index contributed by atoms with van der Waals surface area (Å²) in [4.78, 5) is 14.1. The van der Waals surface area contributed by atoms with Crippen LogP contribution >= 0.6 is 0 Å². The van der Waals surface area contributed by atoms with Crippen molar-refractivity contribution >= 4 is 11.9 Å². The van der Waals surface area contributed by atoms with Gasteiger partial charge in [0.2, 0.25) is 0 Å². The fraction of sp³-hybridized carbons (Fsp3) is 0.452. The molecule has 0 unspecified atom stereocenters. The molecule has 40 heavy (non-hydrogen) atoms. The van der Waals surface area contributed by atoms with Crippen molar-refractivity contribution in [3.63, 3.8) is 0 Å². The molecule has 0 bridgehead atoms. The van der Waals surface area contributed by atoms with Gasteiger partial charge in [-0.3, -0.25) is 14.4 Å². The number of likely N-dealkylation sites (N-methyl/N-ethyl adjacent to an activating group) is 1. The molecule has 1 heterocycles. The number of ether oxygens (including phenoxy) is 1. The standard InChI is InChI=1S/C28H40F2N5O.C2H2.CH3F/c1-8-11-22(4)34-26(28(29)30)19-33-23(5)24-13-14-27(25(17-31-6)18-32-9-2)35(7)20-36-15-10-12-21(3)16-24;2*1-2/h6,8,11-12,14,16-19,23,28,33H,9-10,13,15,20H2,1-5,7H3;1-2H;1H3/q+1;;/b11-8-,21-12-,24-16+,25-17+,26-19+,27-14-,32-18?,34-22+;;/t23-;;/m1../s1. The third-order valence-electron chi connectivity index (χ3n) is 5.27. The van der Waals surface area contributed by atoms with Gasteiger partial charge < -0.3 is 15.0 Å². The first-order valence-corrected chi connectivity index (χ1v) is 12.8. The lowest BCUT2D eigenvalue weighted by Crippen LogP contribution is -2.26. The van der Waals surface area contributed by atoms with Gasteiger partial charge in [0, 0.05) is 37.8 Å². The number of alkyl halides is 3. The second-order valence-electron chi connectivity index (χ2n) is 8.36. The van der Waals surface area contributed by atoms with Gasteiger partial charge in [-0.25, -0.2) is 8.78 Å². The fourth-order valence-corrected chi connectivity index (χ4v) is 3.44. The maximum atomic E-state index is 13.6. The minimum atomic E-state index is -2.69. The Morgan fingerprint density at radius 1 is 1.27 bits per heavy atom. The molecule has 0 aliphatic carbocycles. The molecule has 0 saturated heterocycles. The summed E-state index contributed by atoms with van der Waals surface area (Å²) in [6.45, 7) is 16.5. The van der Waals surface area contributed by atoms with Crippen molar-refractivity contribution in [1.82, 2.24) is 10.2 Å². The van der Waals surface area contributed by atoms with Crippen molar-refractivity contribution in [1.29, 1.82) is 0 Å². The van der Waals surface area contributed by atoms with Crippen LogP contribution in [-0.4, -0.2) is 63.4 Å². The Morgan fingerprint density at radius 3 is 2.52 bits per heavy atom. The molecule has 0 aromatic carbocycles. The van der Waals surface area contributed by atoms with Gasteiger partial charge in [0.05, 0.1) is 25.1 Å². The van der Waals surface area contributed by atoms with E-state index < -0.39 is 6.43 Å². The van der Waals surface area contributed by atoms with Crippen molar-refractivity contribution in [2.75, 3.05) is 34.1 Å². The molecule has 9 heteroatoms. The van der Waals surface area contributed by atoms with E-state index in [0.717, 1.165) is 28.8 Å². The first kappa shape index (κ1) is 38.3. The van der Waals surface area contributed by atoms with E-state index in [1.165, 1.54) is 6.20 Å². The summed E-state index contributed by atoms with van der Waals surface area (Å²) in [6.07, 6.45) is 20.9. The van der Waals surface area contributed by atoms with Gasteiger partial charge in [-0.05, 0) is 64.0 Å². The van der Waals surface area contributed by atoms with E-state index in [1.54, 1.807) is 31.5 Å². The summed E-state index contributed by atoms with van der Waals surface area (Å²) < 4.78 is 42.5. The fourth-order valence-electron chi connectivity index (χ4n) is 3.44. The molecular weight excluding hydrogens is 515 g/mol. The minimum Gasteiger partial charge on any atom is -0.383 e. The predicted molar refractivity (Wildman–Crippen MR) is 165 cm³/mol. The van der Waals surface area contributed by atoms with Crippen LogP contribution in [0.4, 0.5) is 13.2 Å². The van der Waals surface area contributed by atoms with Gasteiger partial charge >= 0.3 is 6.20 Å². The van der Waals surface area contributed by atoms with Crippen LogP contribution in [0, 0.1) is 19.4 Å². The van der Waals surface area contributed by atoms with Crippen LogP contribution in [0.5, 0.6) is 0 Å². The molecule has 1 atom stereocenters. The number of allylic oxidation sites excluding steroid dienone is 7. The Hall–Kier alpha value is -3.82. The van der Waals surface area contributed by atoms with Gasteiger partial charge in [0.1, 0.15) is 12.4 Å². The average molecular weight is 561 g/mol. The highest BCUT2D eigenvalue weighted by Gasteiger charge is 2.16. The van der Waals surface area contributed by atoms with Crippen LogP contribution in [-0.2, 0) is 4.74 Å². The zero-order chi connectivity index (χ0) is 30.9. The molecule has 0 aromatic heterocycles. The second kappa shape index (κ2) is 24.2. The Kier molecular flexibility index (Phi) is 23.2. The number of terminal acetylenes is 1. The molecule has 220 valence electrons. The molecule has 1 aliphatic rings. The zero-order valence-corrected chi connectivity index (χ0v) is 24.9. The van der Waals surface area contributed by atoms with Crippen LogP contribution < -0.4 is 5.32 Å². The minimum absolute atomic E-state index is 0.225. The Balaban J connectivity index is 0. The maximum Gasteiger partial charge on any atom is 0.315 e. The molecule has 1 aliphatic heterocycles. The molecular formula is C31H45F3N5O+. The summed E-state index contributed by atoms with van der Waals surface area (Å²) >= 11 is 0. The van der Waals surface area contributed by atoms with Gasteiger partial charge in [-0.1, -0.05) is 29.9 Å². The maximum absolute atomic E-state index is 13.6. The SMILES string of the molecule is C#C.C#[N+]/C=C(C=NCC)/C1=C/C/C([C@@H](C)N/C=C(/N=C(C)/C=C\C)C(F)F)=C\C(C)=C/CCOCN1C.CF. The number of rotatable bonds is 9. The molecule has 0 amide bonds. The van der Waals surface area contributed by atoms with E-state index in [2.05, 4.69) is 45.1 Å². The Morgan fingerprint density at radius 2 is 1.95 bits per heavy atom. The first-order valence-electron chi connectivity index (χ1n) is 12.8. The van der Waals surface area contributed by atoms with Crippen LogP contribution in [0.2, 0.25) is 0 Å². The van der Waals surface area contributed by atoms with Crippen LogP contribution in [0.1, 0.15) is 47.5 Å². The van der Waals surface area contributed by atoms with E-state index in [4.69, 9.17) is 11.3 Å². The van der Waals surface area contributed by atoms with E-state index >= 15 is 0 Å². The highest BCUT2D eigenvalue weighted by atomic mass is 19.3. The lowest BCUT2D eigenvalue weighted by Gasteiger charge is -2.24. The van der Waals surface area contributed by atoms with Gasteiger partial charge in [-0.15, -0.1) is 12.8 Å². The third-order valence-corrected chi connectivity index (χ3v) is 5.27. The molecule has 0 saturated carbocycles. The highest BCUT2D eigenvalue weighted by Crippen LogP contribution is 2.20. The number of hydrogen-bond donors (Lipinski definition) is 1. The van der Waals surface area contributed by atoms with Crippen LogP contribution in [0.3, 0.4) is 0 Å². The summed E-state index contributed by atoms with van der Waals surface area (Å²) in [7, 11) is 2.43. The summed E-state index contributed by atoms with van der Waals surface area (Å²) in [5.74, 6) is 0. The third kappa shape index (κ3) is 16.2. The van der Waals surface area contributed by atoms with Crippen molar-refractivity contribution < 1.29 is 17.9 Å². The van der Waals surface area contributed by atoms with E-state index in [1.807, 2.05) is 45.7 Å². The number of nitrogens with one attached hydrogen (secondary N) is 1. The Labute approximate surface area is 239 Å². The summed E-state index contributed by atoms with van der Waals surface area (Å²) in [5.41, 5.74) is 3.91. The second-order valence-corrected chi connectivity index (χ2v) is 8.36. The van der Waals surface area contributed by atoms with Gasteiger partial charge in [0.25, 0.3) is 13.0 Å². The number of hydrogen-bond acceptors (Lipinski definition) is 5. The van der Waals surface area contributed by atoms with Crippen LogP contribution in [0.25, 0.3) is 4.85 Å². The molecule has 6 nitrogen and oxygen atoms in total. The van der Waals surface area contributed by atoms with Crippen LogP contribution in [0.15, 0.2) is 80.9 Å². The summed E-state index contributed by atoms with van der Waals surface area (Å²) in [5, 5.41) is 3.11. The number of nitrogens with zero attached hydrogens (tertiary/aromatic N) is 4. The van der Waals surface area contributed by atoms with Gasteiger partial charge in [-0.2, -0.15) is 0 Å². The quantitative estimate of drug-likeness (QED) is 0.237. The number of halogens is 3. The molecule has 0 spiro atoms. The normalized spacial score (nSPS) is 20.6. The molecule has 0 radical (unpaired) electrons. The zero-order valence-electron chi connectivity index (χ0n) is 24.9. The predicted octanol–water partition coefficient (Wildman–Crippen LogP) is 7.34. The van der Waals surface area contributed by atoms with Crippen molar-refractivity contribution in [3.05, 3.63) is 75.7 Å². The average Bonchev–Trinajstić information content (AvgIpc) is 2.94. The lowest BCUT2D eigenvalue weighted by atomic mass is 10.00. The monoisotopic (exact) mass is 560 g/mol. The smallest absolute Gasteiger partial charge is 0.315 e. The molecule has 1 N–H and O–H groups in total. The highest BCUT2D eigenvalue weighted by molar-refractivity contribution is 5.93. The molecule has 0 fully saturated rings. The lowest BCUT2D eigenvalue weighted by molar-refractivity contribution is 0.0643. The van der Waals surface area contributed by atoms with E-state index in [0.29, 0.717) is 39.2 Å². The topological polar surface area (TPSA) is 53.6 Å². The van der Waals surface area contributed by atoms with Crippen molar-refractivity contribution in [3.8, 4) is 19.4 Å².